The molecule has 0 spiro atoms. The molecule has 0 fully saturated rings. The van der Waals surface area contributed by atoms with E-state index in [0.29, 0.717) is 12.5 Å². The van der Waals surface area contributed by atoms with E-state index in [4.69, 9.17) is 0 Å². The highest BCUT2D eigenvalue weighted by molar-refractivity contribution is 7.90. The molecule has 0 aliphatic rings. The number of rotatable bonds is 8. The molecule has 0 heterocycles. The molecule has 0 saturated heterocycles. The average Bonchev–Trinajstić information content (AvgIpc) is 2.13. The Morgan fingerprint density at radius 1 is 1.20 bits per heavy atom. The Kier molecular flexibility index (Phi) is 7.18. The smallest absolute Gasteiger partial charge is 0.147 e. The Bertz CT molecular complexity index is 249. The van der Waals surface area contributed by atoms with E-state index >= 15 is 0 Å². The highest BCUT2D eigenvalue weighted by atomic mass is 32.2. The Balaban J connectivity index is 3.85. The lowest BCUT2D eigenvalue weighted by atomic mass is 10.1. The quantitative estimate of drug-likeness (QED) is 0.700. The predicted octanol–water partition coefficient (Wildman–Crippen LogP) is 1.98. The second-order valence-corrected chi connectivity index (χ2v) is 6.64. The van der Waals surface area contributed by atoms with Crippen LogP contribution < -0.4 is 5.32 Å². The molecule has 2 unspecified atom stereocenters. The van der Waals surface area contributed by atoms with Crippen molar-refractivity contribution in [3.8, 4) is 0 Å². The van der Waals surface area contributed by atoms with Crippen molar-refractivity contribution in [3.63, 3.8) is 0 Å². The molecule has 0 bridgehead atoms. The summed E-state index contributed by atoms with van der Waals surface area (Å²) in [6.45, 7) is 6.39. The molecule has 15 heavy (non-hydrogen) atoms. The van der Waals surface area contributed by atoms with Crippen molar-refractivity contribution in [1.82, 2.24) is 5.32 Å². The fraction of sp³-hybridized carbons (Fsp3) is 1.00. The highest BCUT2D eigenvalue weighted by Gasteiger charge is 2.11. The van der Waals surface area contributed by atoms with Gasteiger partial charge in [0.2, 0.25) is 0 Å². The molecule has 1 N–H and O–H groups in total. The van der Waals surface area contributed by atoms with Crippen LogP contribution in [0.5, 0.6) is 0 Å². The third kappa shape index (κ3) is 8.88. The van der Waals surface area contributed by atoms with E-state index < -0.39 is 9.84 Å². The van der Waals surface area contributed by atoms with Gasteiger partial charge in [0.15, 0.2) is 0 Å². The second kappa shape index (κ2) is 7.23. The van der Waals surface area contributed by atoms with Gasteiger partial charge in [-0.05, 0) is 26.2 Å². The SMILES string of the molecule is CCCC(CC)NC(C)CCS(C)(=O)=O. The van der Waals surface area contributed by atoms with Gasteiger partial charge < -0.3 is 5.32 Å². The monoisotopic (exact) mass is 235 g/mol. The lowest BCUT2D eigenvalue weighted by Crippen LogP contribution is -2.37. The molecule has 0 aromatic rings. The van der Waals surface area contributed by atoms with Crippen molar-refractivity contribution < 1.29 is 8.42 Å². The van der Waals surface area contributed by atoms with E-state index in [9.17, 15) is 8.42 Å². The maximum atomic E-state index is 11.0. The van der Waals surface area contributed by atoms with E-state index in [-0.39, 0.29) is 11.8 Å². The minimum absolute atomic E-state index is 0.281. The third-order valence-corrected chi connectivity index (χ3v) is 3.55. The van der Waals surface area contributed by atoms with Gasteiger partial charge in [0, 0.05) is 18.3 Å². The van der Waals surface area contributed by atoms with Crippen LogP contribution >= 0.6 is 0 Å². The van der Waals surface area contributed by atoms with Crippen LogP contribution in [0.1, 0.15) is 46.5 Å². The first-order valence-corrected chi connectivity index (χ1v) is 7.88. The zero-order valence-electron chi connectivity index (χ0n) is 10.4. The number of hydrogen-bond donors (Lipinski definition) is 1. The Morgan fingerprint density at radius 2 is 1.80 bits per heavy atom. The van der Waals surface area contributed by atoms with Crippen LogP contribution in [0.15, 0.2) is 0 Å². The van der Waals surface area contributed by atoms with Gasteiger partial charge in [-0.3, -0.25) is 0 Å². The topological polar surface area (TPSA) is 46.2 Å². The van der Waals surface area contributed by atoms with E-state index in [1.54, 1.807) is 0 Å². The molecule has 3 nitrogen and oxygen atoms in total. The largest absolute Gasteiger partial charge is 0.311 e. The Labute approximate surface area is 94.6 Å². The van der Waals surface area contributed by atoms with Gasteiger partial charge in [0.1, 0.15) is 9.84 Å². The van der Waals surface area contributed by atoms with Crippen LogP contribution in [0.4, 0.5) is 0 Å². The first kappa shape index (κ1) is 14.9. The van der Waals surface area contributed by atoms with E-state index in [1.807, 2.05) is 0 Å². The fourth-order valence-electron chi connectivity index (χ4n) is 1.63. The van der Waals surface area contributed by atoms with Crippen LogP contribution in [-0.4, -0.2) is 32.5 Å². The average molecular weight is 235 g/mol. The van der Waals surface area contributed by atoms with E-state index in [2.05, 4.69) is 26.1 Å². The van der Waals surface area contributed by atoms with Crippen molar-refractivity contribution in [3.05, 3.63) is 0 Å². The summed E-state index contributed by atoms with van der Waals surface area (Å²) in [6, 6.07) is 0.820. The van der Waals surface area contributed by atoms with Crippen LogP contribution in [0.25, 0.3) is 0 Å². The van der Waals surface area contributed by atoms with Crippen LogP contribution in [-0.2, 0) is 9.84 Å². The minimum Gasteiger partial charge on any atom is -0.311 e. The summed E-state index contributed by atoms with van der Waals surface area (Å²) in [5.41, 5.74) is 0. The molecule has 92 valence electrons. The summed E-state index contributed by atoms with van der Waals surface area (Å²) < 4.78 is 22.0. The molecule has 0 aliphatic carbocycles. The molecule has 0 aromatic heterocycles. The Hall–Kier alpha value is -0.0900. The number of nitrogens with one attached hydrogen (secondary N) is 1. The normalized spacial score (nSPS) is 16.3. The molecule has 4 heteroatoms. The zero-order valence-corrected chi connectivity index (χ0v) is 11.2. The number of hydrogen-bond acceptors (Lipinski definition) is 3. The van der Waals surface area contributed by atoms with Gasteiger partial charge in [0.25, 0.3) is 0 Å². The lowest BCUT2D eigenvalue weighted by molar-refractivity contribution is 0.404. The lowest BCUT2D eigenvalue weighted by Gasteiger charge is -2.21. The van der Waals surface area contributed by atoms with Crippen LogP contribution in [0.2, 0.25) is 0 Å². The van der Waals surface area contributed by atoms with Crippen molar-refractivity contribution in [2.24, 2.45) is 0 Å². The van der Waals surface area contributed by atoms with E-state index in [1.165, 1.54) is 19.1 Å². The van der Waals surface area contributed by atoms with Gasteiger partial charge >= 0.3 is 0 Å². The molecular weight excluding hydrogens is 210 g/mol. The maximum absolute atomic E-state index is 11.0. The molecule has 0 saturated carbocycles. The first-order chi connectivity index (χ1) is 6.89. The molecule has 0 radical (unpaired) electrons. The predicted molar refractivity (Wildman–Crippen MR) is 65.9 cm³/mol. The van der Waals surface area contributed by atoms with Crippen molar-refractivity contribution in [2.75, 3.05) is 12.0 Å². The van der Waals surface area contributed by atoms with Crippen molar-refractivity contribution in [2.45, 2.75) is 58.5 Å². The second-order valence-electron chi connectivity index (χ2n) is 4.38. The molecular formula is C11H25NO2S. The summed E-state index contributed by atoms with van der Waals surface area (Å²) in [7, 11) is -2.81. The van der Waals surface area contributed by atoms with Gasteiger partial charge in [-0.1, -0.05) is 20.3 Å². The maximum Gasteiger partial charge on any atom is 0.147 e. The summed E-state index contributed by atoms with van der Waals surface area (Å²) in [5, 5.41) is 3.48. The van der Waals surface area contributed by atoms with Crippen LogP contribution in [0.3, 0.4) is 0 Å². The molecule has 0 aromatic carbocycles. The standard InChI is InChI=1S/C11H25NO2S/c1-5-7-11(6-2)12-10(3)8-9-15(4,13)14/h10-12H,5-9H2,1-4H3. The van der Waals surface area contributed by atoms with Crippen molar-refractivity contribution >= 4 is 9.84 Å². The molecule has 0 aliphatic heterocycles. The van der Waals surface area contributed by atoms with Gasteiger partial charge in [-0.25, -0.2) is 8.42 Å². The molecule has 0 rings (SSSR count). The molecule has 0 amide bonds. The zero-order chi connectivity index (χ0) is 11.9. The van der Waals surface area contributed by atoms with E-state index in [0.717, 1.165) is 6.42 Å². The summed E-state index contributed by atoms with van der Waals surface area (Å²) in [4.78, 5) is 0. The third-order valence-electron chi connectivity index (χ3n) is 2.57. The number of sulfone groups is 1. The van der Waals surface area contributed by atoms with Gasteiger partial charge in [-0.15, -0.1) is 0 Å². The van der Waals surface area contributed by atoms with Crippen LogP contribution in [0, 0.1) is 0 Å². The summed E-state index contributed by atoms with van der Waals surface area (Å²) in [6.07, 6.45) is 5.45. The first-order valence-electron chi connectivity index (χ1n) is 5.82. The minimum atomic E-state index is -2.81. The Morgan fingerprint density at radius 3 is 2.20 bits per heavy atom. The summed E-state index contributed by atoms with van der Waals surface area (Å²) in [5.74, 6) is 0.281. The highest BCUT2D eigenvalue weighted by Crippen LogP contribution is 2.04. The molecule has 2 atom stereocenters. The summed E-state index contributed by atoms with van der Waals surface area (Å²) >= 11 is 0. The van der Waals surface area contributed by atoms with Gasteiger partial charge in [-0.2, -0.15) is 0 Å². The van der Waals surface area contributed by atoms with Crippen molar-refractivity contribution in [1.29, 1.82) is 0 Å². The fourth-order valence-corrected chi connectivity index (χ4v) is 2.41. The van der Waals surface area contributed by atoms with Gasteiger partial charge in [0.05, 0.1) is 5.75 Å².